The van der Waals surface area contributed by atoms with Crippen molar-refractivity contribution >= 4 is 23.1 Å². The number of rotatable bonds is 3. The van der Waals surface area contributed by atoms with Crippen molar-refractivity contribution in [3.05, 3.63) is 73.0 Å². The van der Waals surface area contributed by atoms with Crippen molar-refractivity contribution in [1.82, 2.24) is 0 Å². The summed E-state index contributed by atoms with van der Waals surface area (Å²) >= 11 is 0. The van der Waals surface area contributed by atoms with Crippen molar-refractivity contribution in [2.24, 2.45) is 0 Å². The van der Waals surface area contributed by atoms with Gasteiger partial charge in [-0.05, 0) is 11.6 Å². The lowest BCUT2D eigenvalue weighted by molar-refractivity contribution is 0.604. The van der Waals surface area contributed by atoms with E-state index in [9.17, 15) is 0 Å². The predicted octanol–water partition coefficient (Wildman–Crippen LogP) is 5.39. The van der Waals surface area contributed by atoms with Gasteiger partial charge < -0.3 is 4.42 Å². The largest absolute Gasteiger partial charge is 0.455 e. The van der Waals surface area contributed by atoms with Gasteiger partial charge in [-0.1, -0.05) is 67.8 Å². The number of hydrogen-bond acceptors (Lipinski definition) is 1. The van der Waals surface area contributed by atoms with Gasteiger partial charge in [-0.2, -0.15) is 0 Å². The summed E-state index contributed by atoms with van der Waals surface area (Å²) in [5, 5.41) is 1.08. The lowest BCUT2D eigenvalue weighted by Crippen LogP contribution is -1.78. The number of hydrogen-bond donors (Lipinski definition) is 0. The molecular weight excluding hydrogens is 232 g/mol. The van der Waals surface area contributed by atoms with E-state index >= 15 is 0 Å². The zero-order valence-corrected chi connectivity index (χ0v) is 10.6. The fourth-order valence-corrected chi connectivity index (χ4v) is 2.36. The Balaban J connectivity index is 2.36. The molecule has 3 aromatic rings. The second-order valence-electron chi connectivity index (χ2n) is 4.34. The Bertz CT molecular complexity index is 748. The van der Waals surface area contributed by atoms with Crippen molar-refractivity contribution in [1.29, 1.82) is 0 Å². The topological polar surface area (TPSA) is 13.1 Å². The summed E-state index contributed by atoms with van der Waals surface area (Å²) in [6, 6.07) is 16.4. The van der Waals surface area contributed by atoms with Gasteiger partial charge in [0.15, 0.2) is 0 Å². The van der Waals surface area contributed by atoms with E-state index < -0.39 is 0 Å². The minimum absolute atomic E-state index is 0.772. The SMILES string of the molecule is C=Cc1oc2c(-c3ccccc3)cccc2c1C=C. The van der Waals surface area contributed by atoms with Gasteiger partial charge in [0.1, 0.15) is 11.3 Å². The molecule has 92 valence electrons. The first kappa shape index (κ1) is 11.5. The summed E-state index contributed by atoms with van der Waals surface area (Å²) in [4.78, 5) is 0. The monoisotopic (exact) mass is 246 g/mol. The van der Waals surface area contributed by atoms with Gasteiger partial charge in [0.25, 0.3) is 0 Å². The van der Waals surface area contributed by atoms with Crippen LogP contribution in [0.15, 0.2) is 66.1 Å². The molecule has 1 nitrogen and oxygen atoms in total. The van der Waals surface area contributed by atoms with Crippen LogP contribution < -0.4 is 0 Å². The molecule has 1 aromatic heterocycles. The summed E-state index contributed by atoms with van der Waals surface area (Å²) in [5.41, 5.74) is 4.13. The van der Waals surface area contributed by atoms with Gasteiger partial charge in [-0.15, -0.1) is 0 Å². The Labute approximate surface area is 112 Å². The first-order valence-electron chi connectivity index (χ1n) is 6.21. The normalized spacial score (nSPS) is 10.5. The fourth-order valence-electron chi connectivity index (χ4n) is 2.36. The molecule has 1 heterocycles. The molecule has 0 fully saturated rings. The number of furan rings is 1. The average Bonchev–Trinajstić information content (AvgIpc) is 2.85. The summed E-state index contributed by atoms with van der Waals surface area (Å²) in [6.45, 7) is 7.65. The van der Waals surface area contributed by atoms with Crippen LogP contribution in [0.25, 0.3) is 34.2 Å². The third kappa shape index (κ3) is 1.80. The summed E-state index contributed by atoms with van der Waals surface area (Å²) in [6.07, 6.45) is 3.55. The minimum Gasteiger partial charge on any atom is -0.455 e. The second kappa shape index (κ2) is 4.62. The van der Waals surface area contributed by atoms with Crippen molar-refractivity contribution in [2.75, 3.05) is 0 Å². The number of benzene rings is 2. The quantitative estimate of drug-likeness (QED) is 0.604. The van der Waals surface area contributed by atoms with E-state index in [1.165, 1.54) is 0 Å². The molecule has 0 amide bonds. The third-order valence-corrected chi connectivity index (χ3v) is 3.26. The first-order valence-corrected chi connectivity index (χ1v) is 6.21. The Morgan fingerprint density at radius 2 is 1.63 bits per heavy atom. The van der Waals surface area contributed by atoms with Crippen LogP contribution in [0.2, 0.25) is 0 Å². The highest BCUT2D eigenvalue weighted by atomic mass is 16.3. The van der Waals surface area contributed by atoms with Crippen LogP contribution in [0.1, 0.15) is 11.3 Å². The maximum atomic E-state index is 5.94. The van der Waals surface area contributed by atoms with Crippen LogP contribution in [-0.4, -0.2) is 0 Å². The molecule has 0 saturated carbocycles. The molecule has 0 saturated heterocycles. The maximum Gasteiger partial charge on any atom is 0.143 e. The average molecular weight is 246 g/mol. The van der Waals surface area contributed by atoms with Crippen LogP contribution in [0, 0.1) is 0 Å². The van der Waals surface area contributed by atoms with E-state index in [4.69, 9.17) is 4.42 Å². The molecular formula is C18H14O. The standard InChI is InChI=1S/C18H14O/c1-3-14-16-12-8-11-15(13-9-6-5-7-10-13)18(16)19-17(14)4-2/h3-12H,1-2H2. The van der Waals surface area contributed by atoms with Gasteiger partial charge in [0.2, 0.25) is 0 Å². The van der Waals surface area contributed by atoms with E-state index in [0.29, 0.717) is 0 Å². The highest BCUT2D eigenvalue weighted by molar-refractivity contribution is 5.99. The van der Waals surface area contributed by atoms with Crippen LogP contribution >= 0.6 is 0 Å². The zero-order valence-electron chi connectivity index (χ0n) is 10.6. The lowest BCUT2D eigenvalue weighted by atomic mass is 10.0. The smallest absolute Gasteiger partial charge is 0.143 e. The molecule has 0 atom stereocenters. The molecule has 0 bridgehead atoms. The molecule has 19 heavy (non-hydrogen) atoms. The predicted molar refractivity (Wildman–Crippen MR) is 81.8 cm³/mol. The van der Waals surface area contributed by atoms with Gasteiger partial charge in [0, 0.05) is 16.5 Å². The van der Waals surface area contributed by atoms with Crippen LogP contribution in [0.3, 0.4) is 0 Å². The van der Waals surface area contributed by atoms with Crippen LogP contribution in [-0.2, 0) is 0 Å². The van der Waals surface area contributed by atoms with Gasteiger partial charge in [-0.3, -0.25) is 0 Å². The van der Waals surface area contributed by atoms with Gasteiger partial charge in [0.05, 0.1) is 0 Å². The summed E-state index contributed by atoms with van der Waals surface area (Å²) in [7, 11) is 0. The van der Waals surface area contributed by atoms with E-state index in [0.717, 1.165) is 33.4 Å². The molecule has 0 aliphatic heterocycles. The van der Waals surface area contributed by atoms with Crippen molar-refractivity contribution in [3.8, 4) is 11.1 Å². The first-order chi connectivity index (χ1) is 9.35. The van der Waals surface area contributed by atoms with Gasteiger partial charge in [-0.25, -0.2) is 0 Å². The molecule has 0 aliphatic rings. The maximum absolute atomic E-state index is 5.94. The van der Waals surface area contributed by atoms with Crippen LogP contribution in [0.5, 0.6) is 0 Å². The summed E-state index contributed by atoms with van der Waals surface area (Å²) in [5.74, 6) is 0.772. The Kier molecular flexibility index (Phi) is 2.81. The summed E-state index contributed by atoms with van der Waals surface area (Å²) < 4.78 is 5.94. The Morgan fingerprint density at radius 1 is 0.842 bits per heavy atom. The lowest BCUT2D eigenvalue weighted by Gasteiger charge is -2.01. The highest BCUT2D eigenvalue weighted by Crippen LogP contribution is 2.34. The highest BCUT2D eigenvalue weighted by Gasteiger charge is 2.13. The number of fused-ring (bicyclic) bond motifs is 1. The van der Waals surface area contributed by atoms with Crippen LogP contribution in [0.4, 0.5) is 0 Å². The molecule has 2 aromatic carbocycles. The third-order valence-electron chi connectivity index (χ3n) is 3.26. The molecule has 0 unspecified atom stereocenters. The molecule has 0 N–H and O–H groups in total. The van der Waals surface area contributed by atoms with Crippen molar-refractivity contribution in [2.45, 2.75) is 0 Å². The van der Waals surface area contributed by atoms with E-state index in [1.807, 2.05) is 30.3 Å². The second-order valence-corrected chi connectivity index (χ2v) is 4.34. The molecule has 0 spiro atoms. The van der Waals surface area contributed by atoms with E-state index in [-0.39, 0.29) is 0 Å². The van der Waals surface area contributed by atoms with Crippen molar-refractivity contribution < 1.29 is 4.42 Å². The Morgan fingerprint density at radius 3 is 2.32 bits per heavy atom. The molecule has 0 aliphatic carbocycles. The van der Waals surface area contributed by atoms with E-state index in [2.05, 4.69) is 37.4 Å². The molecule has 3 rings (SSSR count). The Hall–Kier alpha value is -2.54. The fraction of sp³-hybridized carbons (Fsp3) is 0. The molecule has 1 heteroatoms. The van der Waals surface area contributed by atoms with Crippen molar-refractivity contribution in [3.63, 3.8) is 0 Å². The molecule has 0 radical (unpaired) electrons. The van der Waals surface area contributed by atoms with E-state index in [1.54, 1.807) is 6.08 Å². The minimum atomic E-state index is 0.772. The number of para-hydroxylation sites is 1. The van der Waals surface area contributed by atoms with Gasteiger partial charge >= 0.3 is 0 Å². The zero-order chi connectivity index (χ0) is 13.2.